The second kappa shape index (κ2) is 7.09. The van der Waals surface area contributed by atoms with Crippen molar-refractivity contribution in [3.63, 3.8) is 0 Å². The minimum Gasteiger partial charge on any atom is -0.352 e. The molecule has 0 spiro atoms. The molecule has 1 amide bonds. The average molecular weight is 321 g/mol. The van der Waals surface area contributed by atoms with E-state index in [2.05, 4.69) is 5.32 Å². The van der Waals surface area contributed by atoms with Crippen molar-refractivity contribution in [3.8, 4) is 0 Å². The van der Waals surface area contributed by atoms with E-state index in [1.165, 1.54) is 5.56 Å². The van der Waals surface area contributed by atoms with E-state index in [0.717, 1.165) is 17.6 Å². The van der Waals surface area contributed by atoms with Gasteiger partial charge < -0.3 is 5.32 Å². The number of amides is 1. The van der Waals surface area contributed by atoms with Crippen LogP contribution in [0.3, 0.4) is 0 Å². The van der Waals surface area contributed by atoms with Gasteiger partial charge in [-0.2, -0.15) is 0 Å². The quantitative estimate of drug-likeness (QED) is 0.847. The van der Waals surface area contributed by atoms with E-state index < -0.39 is 9.84 Å². The number of carbonyl (C=O) groups excluding carboxylic acids is 1. The van der Waals surface area contributed by atoms with Crippen molar-refractivity contribution in [1.82, 2.24) is 5.32 Å². The lowest BCUT2D eigenvalue weighted by Crippen LogP contribution is -2.28. The molecular formula is C17H23NO3S. The maximum atomic E-state index is 12.0. The van der Waals surface area contributed by atoms with Crippen LogP contribution in [0.2, 0.25) is 0 Å². The van der Waals surface area contributed by atoms with Crippen LogP contribution in [0.4, 0.5) is 0 Å². The van der Waals surface area contributed by atoms with Gasteiger partial charge in [0.2, 0.25) is 5.91 Å². The van der Waals surface area contributed by atoms with E-state index >= 15 is 0 Å². The molecule has 1 N–H and O–H groups in total. The molecule has 1 atom stereocenters. The fraction of sp³-hybridized carbons (Fsp3) is 0.471. The molecule has 1 aromatic rings. The Morgan fingerprint density at radius 1 is 1.32 bits per heavy atom. The zero-order valence-electron chi connectivity index (χ0n) is 13.1. The summed E-state index contributed by atoms with van der Waals surface area (Å²) in [5, 5.41) is 2.83. The van der Waals surface area contributed by atoms with Gasteiger partial charge in [-0.25, -0.2) is 8.42 Å². The van der Waals surface area contributed by atoms with Crippen molar-refractivity contribution in [2.24, 2.45) is 5.92 Å². The van der Waals surface area contributed by atoms with Crippen LogP contribution in [0.5, 0.6) is 0 Å². The van der Waals surface area contributed by atoms with Gasteiger partial charge in [-0.15, -0.1) is 0 Å². The smallest absolute Gasteiger partial charge is 0.244 e. The fourth-order valence-corrected chi connectivity index (χ4v) is 4.51. The highest BCUT2D eigenvalue weighted by molar-refractivity contribution is 7.91. The zero-order chi connectivity index (χ0) is 16.2. The first-order valence-electron chi connectivity index (χ1n) is 7.65. The Kier molecular flexibility index (Phi) is 5.40. The minimum absolute atomic E-state index is 0.0480. The molecule has 4 nitrogen and oxygen atoms in total. The Morgan fingerprint density at radius 2 is 2.00 bits per heavy atom. The van der Waals surface area contributed by atoms with Crippen molar-refractivity contribution < 1.29 is 13.2 Å². The molecule has 0 bridgehead atoms. The van der Waals surface area contributed by atoms with Crippen molar-refractivity contribution in [2.45, 2.75) is 26.7 Å². The second-order valence-corrected chi connectivity index (χ2v) is 8.13. The molecule has 0 radical (unpaired) electrons. The lowest BCUT2D eigenvalue weighted by Gasteiger charge is -2.09. The largest absolute Gasteiger partial charge is 0.352 e. The maximum Gasteiger partial charge on any atom is 0.244 e. The number of allylic oxidation sites excluding steroid dienone is 1. The molecule has 2 rings (SSSR count). The van der Waals surface area contributed by atoms with Gasteiger partial charge in [-0.1, -0.05) is 36.8 Å². The Bertz CT molecular complexity index is 660. The van der Waals surface area contributed by atoms with Crippen molar-refractivity contribution >= 4 is 21.3 Å². The van der Waals surface area contributed by atoms with Crippen LogP contribution in [0.25, 0.3) is 5.57 Å². The fourth-order valence-electron chi connectivity index (χ4n) is 2.64. The highest BCUT2D eigenvalue weighted by atomic mass is 32.2. The Balaban J connectivity index is 1.95. The van der Waals surface area contributed by atoms with Gasteiger partial charge in [0.05, 0.1) is 11.5 Å². The average Bonchev–Trinajstić information content (AvgIpc) is 2.83. The molecule has 1 heterocycles. The molecule has 120 valence electrons. The highest BCUT2D eigenvalue weighted by Gasteiger charge is 2.27. The molecule has 1 aliphatic rings. The van der Waals surface area contributed by atoms with Crippen molar-refractivity contribution in [2.75, 3.05) is 18.1 Å². The molecule has 1 aliphatic heterocycles. The first-order chi connectivity index (χ1) is 10.4. The monoisotopic (exact) mass is 321 g/mol. The Morgan fingerprint density at radius 3 is 2.55 bits per heavy atom. The summed E-state index contributed by atoms with van der Waals surface area (Å²) < 4.78 is 22.8. The van der Waals surface area contributed by atoms with E-state index in [-0.39, 0.29) is 23.3 Å². The standard InChI is InChI=1S/C17H23NO3S/c1-3-15(16-6-4-13(2)5-7-16)10-17(19)18-11-14-8-9-22(20,21)12-14/h4-7,10,14H,3,8-9,11-12H2,1-2H3,(H,18,19)/b15-10+/t14-/m1/s1. The van der Waals surface area contributed by atoms with Crippen molar-refractivity contribution in [3.05, 3.63) is 41.5 Å². The summed E-state index contributed by atoms with van der Waals surface area (Å²) in [6, 6.07) is 8.09. The number of aryl methyl sites for hydroxylation is 1. The second-order valence-electron chi connectivity index (χ2n) is 5.90. The van der Waals surface area contributed by atoms with Gasteiger partial charge in [-0.3, -0.25) is 4.79 Å². The van der Waals surface area contributed by atoms with Crippen LogP contribution in [0.1, 0.15) is 30.9 Å². The molecule has 0 unspecified atom stereocenters. The minimum atomic E-state index is -2.88. The van der Waals surface area contributed by atoms with E-state index in [9.17, 15) is 13.2 Å². The number of hydrogen-bond acceptors (Lipinski definition) is 3. The van der Waals surface area contributed by atoms with E-state index in [4.69, 9.17) is 0 Å². The van der Waals surface area contributed by atoms with Gasteiger partial charge in [0.25, 0.3) is 0 Å². The summed E-state index contributed by atoms with van der Waals surface area (Å²) in [6.07, 6.45) is 3.04. The molecule has 22 heavy (non-hydrogen) atoms. The van der Waals surface area contributed by atoms with Crippen LogP contribution in [-0.4, -0.2) is 32.4 Å². The number of carbonyl (C=O) groups is 1. The topological polar surface area (TPSA) is 63.2 Å². The number of rotatable bonds is 5. The number of nitrogens with one attached hydrogen (secondary N) is 1. The lowest BCUT2D eigenvalue weighted by molar-refractivity contribution is -0.116. The summed E-state index contributed by atoms with van der Waals surface area (Å²) >= 11 is 0. The predicted molar refractivity (Wildman–Crippen MR) is 89.2 cm³/mol. The third-order valence-electron chi connectivity index (χ3n) is 4.00. The molecule has 1 fully saturated rings. The van der Waals surface area contributed by atoms with Crippen LogP contribution in [0.15, 0.2) is 30.3 Å². The first kappa shape index (κ1) is 16.7. The number of sulfone groups is 1. The molecule has 1 aromatic carbocycles. The van der Waals surface area contributed by atoms with E-state index in [1.54, 1.807) is 6.08 Å². The molecular weight excluding hydrogens is 298 g/mol. The Hall–Kier alpha value is -1.62. The third kappa shape index (κ3) is 4.70. The van der Waals surface area contributed by atoms with Gasteiger partial charge in [0.15, 0.2) is 9.84 Å². The maximum absolute atomic E-state index is 12.0. The van der Waals surface area contributed by atoms with Crippen LogP contribution in [-0.2, 0) is 14.6 Å². The van der Waals surface area contributed by atoms with Crippen molar-refractivity contribution in [1.29, 1.82) is 0 Å². The normalized spacial score (nSPS) is 20.8. The van der Waals surface area contributed by atoms with E-state index in [0.29, 0.717) is 13.0 Å². The lowest BCUT2D eigenvalue weighted by atomic mass is 10.0. The van der Waals surface area contributed by atoms with Crippen LogP contribution < -0.4 is 5.32 Å². The van der Waals surface area contributed by atoms with Gasteiger partial charge in [-0.05, 0) is 36.8 Å². The van der Waals surface area contributed by atoms with Gasteiger partial charge in [0, 0.05) is 12.6 Å². The molecule has 5 heteroatoms. The first-order valence-corrected chi connectivity index (χ1v) is 9.47. The number of hydrogen-bond donors (Lipinski definition) is 1. The number of benzene rings is 1. The zero-order valence-corrected chi connectivity index (χ0v) is 13.9. The van der Waals surface area contributed by atoms with Crippen LogP contribution >= 0.6 is 0 Å². The van der Waals surface area contributed by atoms with E-state index in [1.807, 2.05) is 38.1 Å². The summed E-state index contributed by atoms with van der Waals surface area (Å²) in [5.74, 6) is 0.330. The SMILES string of the molecule is CC/C(=C\C(=O)NC[C@H]1CCS(=O)(=O)C1)c1ccc(C)cc1. The predicted octanol–water partition coefficient (Wildman–Crippen LogP) is 2.34. The van der Waals surface area contributed by atoms with Gasteiger partial charge >= 0.3 is 0 Å². The molecule has 0 aromatic heterocycles. The molecule has 0 aliphatic carbocycles. The highest BCUT2D eigenvalue weighted by Crippen LogP contribution is 2.19. The summed E-state index contributed by atoms with van der Waals surface area (Å²) in [7, 11) is -2.88. The summed E-state index contributed by atoms with van der Waals surface area (Å²) in [6.45, 7) is 4.48. The summed E-state index contributed by atoms with van der Waals surface area (Å²) in [5.41, 5.74) is 3.22. The molecule has 0 saturated carbocycles. The third-order valence-corrected chi connectivity index (χ3v) is 5.84. The van der Waals surface area contributed by atoms with Crippen LogP contribution in [0, 0.1) is 12.8 Å². The van der Waals surface area contributed by atoms with Gasteiger partial charge in [0.1, 0.15) is 0 Å². The molecule has 1 saturated heterocycles. The Labute approximate surface area is 132 Å². The summed E-state index contributed by atoms with van der Waals surface area (Å²) in [4.78, 5) is 12.0.